The number of nitrogens with two attached hydrogens (primary N) is 1. The van der Waals surface area contributed by atoms with Crippen molar-refractivity contribution in [3.05, 3.63) is 64.8 Å². The molecule has 0 aromatic heterocycles. The van der Waals surface area contributed by atoms with E-state index in [1.165, 1.54) is 19.1 Å². The van der Waals surface area contributed by atoms with Gasteiger partial charge in [-0.3, -0.25) is 4.79 Å². The number of carbonyl (C=O) groups is 2. The van der Waals surface area contributed by atoms with Gasteiger partial charge in [-0.15, -0.1) is 0 Å². The molecule has 0 bridgehead atoms. The topological polar surface area (TPSA) is 84.2 Å². The molecule has 0 unspecified atom stereocenters. The van der Waals surface area contributed by atoms with Crippen molar-refractivity contribution in [2.45, 2.75) is 19.8 Å². The van der Waals surface area contributed by atoms with Crippen LogP contribution in [0.2, 0.25) is 0 Å². The predicted molar refractivity (Wildman–Crippen MR) is 104 cm³/mol. The van der Waals surface area contributed by atoms with Crippen molar-refractivity contribution in [2.75, 3.05) is 25.9 Å². The van der Waals surface area contributed by atoms with Gasteiger partial charge in [0.15, 0.2) is 0 Å². The number of carbonyl (C=O) groups excluding carboxylic acids is 2. The van der Waals surface area contributed by atoms with E-state index in [0.29, 0.717) is 30.6 Å². The van der Waals surface area contributed by atoms with Crippen molar-refractivity contribution in [1.29, 1.82) is 0 Å². The Morgan fingerprint density at radius 1 is 1.30 bits per heavy atom. The minimum atomic E-state index is -0.672. The number of nitrogen functional groups attached to an aromatic ring is 1. The lowest BCUT2D eigenvalue weighted by molar-refractivity contribution is -0.106. The molecule has 0 fully saturated rings. The molecule has 0 saturated carbocycles. The van der Waals surface area contributed by atoms with Gasteiger partial charge in [-0.2, -0.15) is 0 Å². The molecule has 2 rings (SSSR count). The van der Waals surface area contributed by atoms with Crippen molar-refractivity contribution in [3.8, 4) is 0 Å². The van der Waals surface area contributed by atoms with E-state index in [0.717, 1.165) is 12.4 Å². The highest BCUT2D eigenvalue weighted by atomic mass is 19.1. The molecule has 4 N–H and O–H groups in total. The van der Waals surface area contributed by atoms with E-state index >= 15 is 0 Å². The van der Waals surface area contributed by atoms with E-state index in [-0.39, 0.29) is 23.5 Å². The van der Waals surface area contributed by atoms with E-state index in [1.807, 2.05) is 0 Å². The Bertz CT molecular complexity index is 756. The Morgan fingerprint density at radius 3 is 2.67 bits per heavy atom. The zero-order chi connectivity index (χ0) is 20.2. The quantitative estimate of drug-likeness (QED) is 0.404. The van der Waals surface area contributed by atoms with Crippen molar-refractivity contribution >= 4 is 17.9 Å². The molecule has 1 aromatic rings. The SMILES string of the molecule is CC=O.CNCCNC(=O)c1cc(CC2=CC=CCC(F)=C2)c(N)cc1F. The summed E-state index contributed by atoms with van der Waals surface area (Å²) in [5.41, 5.74) is 7.33. The Labute approximate surface area is 158 Å². The lowest BCUT2D eigenvalue weighted by atomic mass is 9.99. The van der Waals surface area contributed by atoms with Crippen LogP contribution in [0.15, 0.2) is 47.8 Å². The van der Waals surface area contributed by atoms with Gasteiger partial charge in [0.05, 0.1) is 5.56 Å². The van der Waals surface area contributed by atoms with Crippen molar-refractivity contribution in [1.82, 2.24) is 10.6 Å². The van der Waals surface area contributed by atoms with Crippen molar-refractivity contribution in [3.63, 3.8) is 0 Å². The van der Waals surface area contributed by atoms with Gasteiger partial charge in [-0.25, -0.2) is 8.78 Å². The van der Waals surface area contributed by atoms with E-state index in [2.05, 4.69) is 10.6 Å². The minimum absolute atomic E-state index is 0.0653. The van der Waals surface area contributed by atoms with Crippen LogP contribution in [0.3, 0.4) is 0 Å². The summed E-state index contributed by atoms with van der Waals surface area (Å²) in [5, 5.41) is 5.52. The molecule has 1 aliphatic carbocycles. The average Bonchev–Trinajstić information content (AvgIpc) is 2.82. The highest BCUT2D eigenvalue weighted by Crippen LogP contribution is 2.23. The second kappa shape index (κ2) is 11.7. The van der Waals surface area contributed by atoms with Gasteiger partial charge in [0.2, 0.25) is 0 Å². The minimum Gasteiger partial charge on any atom is -0.398 e. The molecule has 27 heavy (non-hydrogen) atoms. The standard InChI is InChI=1S/C18H21F2N3O.C2H4O/c1-22-6-7-23-18(24)15-10-13(17(21)11-16(15)20)8-12-4-2-3-5-14(19)9-12;1-2-3/h2-4,9-11,22H,5-8,21H2,1H3,(H,23,24);2H,1H3. The number of halogens is 2. The molecule has 0 aliphatic heterocycles. The average molecular weight is 377 g/mol. The van der Waals surface area contributed by atoms with E-state index in [1.54, 1.807) is 25.3 Å². The van der Waals surface area contributed by atoms with Crippen molar-refractivity contribution < 1.29 is 18.4 Å². The number of amides is 1. The zero-order valence-corrected chi connectivity index (χ0v) is 15.5. The Balaban J connectivity index is 0.00000114. The molecular weight excluding hydrogens is 352 g/mol. The highest BCUT2D eigenvalue weighted by molar-refractivity contribution is 5.95. The second-order valence-electron chi connectivity index (χ2n) is 5.77. The molecule has 0 saturated heterocycles. The third kappa shape index (κ3) is 7.53. The van der Waals surface area contributed by atoms with Gasteiger partial charge in [-0.1, -0.05) is 18.2 Å². The Morgan fingerprint density at radius 2 is 2.00 bits per heavy atom. The number of benzene rings is 1. The third-order valence-electron chi connectivity index (χ3n) is 3.63. The van der Waals surface area contributed by atoms with E-state index in [4.69, 9.17) is 10.5 Å². The van der Waals surface area contributed by atoms with Gasteiger partial charge in [0.1, 0.15) is 17.9 Å². The first-order valence-electron chi connectivity index (χ1n) is 8.55. The van der Waals surface area contributed by atoms with Crippen LogP contribution in [0.4, 0.5) is 14.5 Å². The van der Waals surface area contributed by atoms with Crippen LogP contribution >= 0.6 is 0 Å². The van der Waals surface area contributed by atoms with Crippen LogP contribution < -0.4 is 16.4 Å². The lowest BCUT2D eigenvalue weighted by Gasteiger charge is -2.11. The van der Waals surface area contributed by atoms with Crippen LogP contribution in [0.1, 0.15) is 29.3 Å². The molecule has 146 valence electrons. The summed E-state index contributed by atoms with van der Waals surface area (Å²) < 4.78 is 27.6. The second-order valence-corrected chi connectivity index (χ2v) is 5.77. The van der Waals surface area contributed by atoms with Crippen LogP contribution in [0.5, 0.6) is 0 Å². The summed E-state index contributed by atoms with van der Waals surface area (Å²) in [6.45, 7) is 2.41. The molecule has 0 radical (unpaired) electrons. The lowest BCUT2D eigenvalue weighted by Crippen LogP contribution is -2.31. The van der Waals surface area contributed by atoms with E-state index < -0.39 is 11.7 Å². The fraction of sp³-hybridized carbons (Fsp3) is 0.300. The van der Waals surface area contributed by atoms with Gasteiger partial charge < -0.3 is 21.2 Å². The molecule has 0 spiro atoms. The predicted octanol–water partition coefficient (Wildman–Crippen LogP) is 2.84. The van der Waals surface area contributed by atoms with Crippen LogP contribution in [-0.2, 0) is 11.2 Å². The molecule has 5 nitrogen and oxygen atoms in total. The molecule has 0 atom stereocenters. The summed E-state index contributed by atoms with van der Waals surface area (Å²) in [6.07, 6.45) is 8.02. The zero-order valence-electron chi connectivity index (χ0n) is 15.5. The summed E-state index contributed by atoms with van der Waals surface area (Å²) in [7, 11) is 1.76. The summed E-state index contributed by atoms with van der Waals surface area (Å²) >= 11 is 0. The maximum atomic E-state index is 14.0. The molecular formula is C20H25F2N3O2. The van der Waals surface area contributed by atoms with Gasteiger partial charge >= 0.3 is 0 Å². The van der Waals surface area contributed by atoms with E-state index in [9.17, 15) is 13.6 Å². The summed E-state index contributed by atoms with van der Waals surface area (Å²) in [6, 6.07) is 2.57. The molecule has 1 amide bonds. The van der Waals surface area contributed by atoms with Crippen LogP contribution in [-0.4, -0.2) is 32.3 Å². The Kier molecular flexibility index (Phi) is 9.68. The van der Waals surface area contributed by atoms with Crippen LogP contribution in [0.25, 0.3) is 0 Å². The monoisotopic (exact) mass is 377 g/mol. The van der Waals surface area contributed by atoms with Gasteiger partial charge in [-0.05, 0) is 49.7 Å². The normalized spacial score (nSPS) is 12.9. The highest BCUT2D eigenvalue weighted by Gasteiger charge is 2.15. The first-order valence-corrected chi connectivity index (χ1v) is 8.55. The molecule has 0 heterocycles. The number of rotatable bonds is 6. The maximum absolute atomic E-state index is 14.0. The summed E-state index contributed by atoms with van der Waals surface area (Å²) in [4.78, 5) is 20.9. The fourth-order valence-electron chi connectivity index (χ4n) is 2.37. The smallest absolute Gasteiger partial charge is 0.254 e. The molecule has 1 aromatic carbocycles. The third-order valence-corrected chi connectivity index (χ3v) is 3.63. The summed E-state index contributed by atoms with van der Waals surface area (Å²) in [5.74, 6) is -1.42. The number of hydrogen-bond acceptors (Lipinski definition) is 4. The number of nitrogens with one attached hydrogen (secondary N) is 2. The fourth-order valence-corrected chi connectivity index (χ4v) is 2.37. The number of anilines is 1. The number of hydrogen-bond donors (Lipinski definition) is 3. The molecule has 7 heteroatoms. The first-order chi connectivity index (χ1) is 12.9. The van der Waals surface area contributed by atoms with Gasteiger partial charge in [0.25, 0.3) is 5.91 Å². The van der Waals surface area contributed by atoms with Crippen LogP contribution in [0, 0.1) is 5.82 Å². The van der Waals surface area contributed by atoms with Crippen molar-refractivity contribution in [2.24, 2.45) is 0 Å². The van der Waals surface area contributed by atoms with Gasteiger partial charge in [0, 0.05) is 25.2 Å². The Hall–Kier alpha value is -2.80. The number of likely N-dealkylation sites (N-methyl/N-ethyl adjacent to an activating group) is 1. The maximum Gasteiger partial charge on any atom is 0.254 e. The number of aldehydes is 1. The first kappa shape index (κ1) is 22.2. The largest absolute Gasteiger partial charge is 0.398 e. The number of allylic oxidation sites excluding steroid dienone is 6. The molecule has 1 aliphatic rings.